The van der Waals surface area contributed by atoms with Gasteiger partial charge in [0, 0.05) is 22.7 Å². The molecule has 1 heterocycles. The van der Waals surface area contributed by atoms with Crippen molar-refractivity contribution in [2.75, 3.05) is 12.1 Å². The number of hydrogen-bond acceptors (Lipinski definition) is 6. The molecule has 0 aromatic heterocycles. The van der Waals surface area contributed by atoms with Crippen molar-refractivity contribution in [1.82, 2.24) is 5.32 Å². The third-order valence-electron chi connectivity index (χ3n) is 4.26. The summed E-state index contributed by atoms with van der Waals surface area (Å²) in [5.74, 6) is 1.49. The summed E-state index contributed by atoms with van der Waals surface area (Å²) in [7, 11) is 0. The Bertz CT molecular complexity index is 767. The Hall–Kier alpha value is -2.68. The van der Waals surface area contributed by atoms with E-state index in [1.807, 2.05) is 26.8 Å². The number of Topliss-reactive ketones (excluding diaryl/α,β-unsaturated/α-hetero) is 1. The number of ketones is 1. The molecule has 0 amide bonds. The molecule has 1 aromatic carbocycles. The van der Waals surface area contributed by atoms with Crippen molar-refractivity contribution in [3.8, 4) is 17.6 Å². The van der Waals surface area contributed by atoms with Gasteiger partial charge in [-0.25, -0.2) is 0 Å². The van der Waals surface area contributed by atoms with Crippen LogP contribution in [0.5, 0.6) is 11.5 Å². The van der Waals surface area contributed by atoms with Gasteiger partial charge in [-0.1, -0.05) is 27.7 Å². The van der Waals surface area contributed by atoms with E-state index in [9.17, 15) is 10.1 Å². The van der Waals surface area contributed by atoms with Gasteiger partial charge in [-0.05, 0) is 32.4 Å². The zero-order chi connectivity index (χ0) is 19.5. The monoisotopic (exact) mass is 357 g/mol. The van der Waals surface area contributed by atoms with Gasteiger partial charge in [-0.3, -0.25) is 4.79 Å². The molecule has 0 aliphatic carbocycles. The van der Waals surface area contributed by atoms with E-state index in [-0.39, 0.29) is 23.7 Å². The first-order chi connectivity index (χ1) is 12.1. The first-order valence-corrected chi connectivity index (χ1v) is 8.71. The van der Waals surface area contributed by atoms with E-state index in [4.69, 9.17) is 9.47 Å². The number of benzene rings is 1. The molecular formula is C20H27N3O3. The van der Waals surface area contributed by atoms with Gasteiger partial charge in [0.2, 0.25) is 6.79 Å². The van der Waals surface area contributed by atoms with Crippen LogP contribution in [-0.4, -0.2) is 18.1 Å². The van der Waals surface area contributed by atoms with Gasteiger partial charge in [0.15, 0.2) is 17.3 Å². The van der Waals surface area contributed by atoms with E-state index in [0.29, 0.717) is 23.0 Å². The number of nitriles is 1. The summed E-state index contributed by atoms with van der Waals surface area (Å²) in [6.07, 6.45) is 0.821. The summed E-state index contributed by atoms with van der Waals surface area (Å²) in [5.41, 5.74) is -0.168. The normalized spacial score (nSPS) is 14.3. The van der Waals surface area contributed by atoms with E-state index in [2.05, 4.69) is 16.7 Å². The second-order valence-electron chi connectivity index (χ2n) is 8.00. The van der Waals surface area contributed by atoms with Crippen LogP contribution in [0.4, 0.5) is 5.69 Å². The second kappa shape index (κ2) is 7.28. The molecule has 0 fully saturated rings. The molecule has 140 valence electrons. The summed E-state index contributed by atoms with van der Waals surface area (Å²) in [6.45, 7) is 11.7. The molecule has 0 unspecified atom stereocenters. The highest BCUT2D eigenvalue weighted by atomic mass is 16.7. The first kappa shape index (κ1) is 19.6. The number of nitrogens with zero attached hydrogens (tertiary/aromatic N) is 1. The maximum atomic E-state index is 12.8. The molecule has 6 nitrogen and oxygen atoms in total. The molecule has 0 radical (unpaired) electrons. The summed E-state index contributed by atoms with van der Waals surface area (Å²) in [5, 5.41) is 16.2. The van der Waals surface area contributed by atoms with Crippen molar-refractivity contribution in [1.29, 1.82) is 5.26 Å². The fourth-order valence-electron chi connectivity index (χ4n) is 2.30. The standard InChI is InChI=1S/C20H27N3O3/c1-7-20(5,6)23-18(14(11-21)17(24)19(2,3)4)22-13-8-9-15-16(10-13)26-12-25-15/h8-10,22-23H,7,12H2,1-6H3/b18-14+. The first-order valence-electron chi connectivity index (χ1n) is 8.71. The van der Waals surface area contributed by atoms with Crippen molar-refractivity contribution in [2.24, 2.45) is 5.41 Å². The topological polar surface area (TPSA) is 83.4 Å². The van der Waals surface area contributed by atoms with Crippen LogP contribution in [0.25, 0.3) is 0 Å². The molecular weight excluding hydrogens is 330 g/mol. The third kappa shape index (κ3) is 4.48. The maximum absolute atomic E-state index is 12.8. The Morgan fingerprint density at radius 1 is 1.19 bits per heavy atom. The van der Waals surface area contributed by atoms with Gasteiger partial charge in [0.05, 0.1) is 0 Å². The molecule has 1 aromatic rings. The van der Waals surface area contributed by atoms with Crippen LogP contribution >= 0.6 is 0 Å². The zero-order valence-electron chi connectivity index (χ0n) is 16.3. The van der Waals surface area contributed by atoms with Crippen LogP contribution in [0.15, 0.2) is 29.6 Å². The smallest absolute Gasteiger partial charge is 0.231 e. The largest absolute Gasteiger partial charge is 0.454 e. The molecule has 0 bridgehead atoms. The zero-order valence-corrected chi connectivity index (χ0v) is 16.3. The number of allylic oxidation sites excluding steroid dienone is 1. The molecule has 0 saturated carbocycles. The van der Waals surface area contributed by atoms with Crippen LogP contribution in [0.2, 0.25) is 0 Å². The summed E-state index contributed by atoms with van der Waals surface area (Å²) in [4.78, 5) is 12.8. The lowest BCUT2D eigenvalue weighted by Crippen LogP contribution is -2.41. The Kier molecular flexibility index (Phi) is 5.50. The predicted octanol–water partition coefficient (Wildman–Crippen LogP) is 3.96. The summed E-state index contributed by atoms with van der Waals surface area (Å²) >= 11 is 0. The Labute approximate surface area is 155 Å². The third-order valence-corrected chi connectivity index (χ3v) is 4.26. The van der Waals surface area contributed by atoms with Crippen molar-refractivity contribution >= 4 is 11.5 Å². The molecule has 0 atom stereocenters. The lowest BCUT2D eigenvalue weighted by Gasteiger charge is -2.29. The lowest BCUT2D eigenvalue weighted by atomic mass is 9.86. The van der Waals surface area contributed by atoms with Crippen molar-refractivity contribution < 1.29 is 14.3 Å². The minimum atomic E-state index is -0.662. The van der Waals surface area contributed by atoms with Gasteiger partial charge in [-0.15, -0.1) is 0 Å². The van der Waals surface area contributed by atoms with Gasteiger partial charge in [0.25, 0.3) is 0 Å². The number of hydrogen-bond donors (Lipinski definition) is 2. The van der Waals surface area contributed by atoms with Crippen molar-refractivity contribution in [3.05, 3.63) is 29.6 Å². The van der Waals surface area contributed by atoms with Crippen LogP contribution in [-0.2, 0) is 4.79 Å². The molecule has 0 saturated heterocycles. The summed E-state index contributed by atoms with van der Waals surface area (Å²) < 4.78 is 10.7. The number of anilines is 1. The van der Waals surface area contributed by atoms with Crippen molar-refractivity contribution in [2.45, 2.75) is 53.5 Å². The predicted molar refractivity (Wildman–Crippen MR) is 101 cm³/mol. The van der Waals surface area contributed by atoms with Crippen LogP contribution in [0.1, 0.15) is 48.0 Å². The van der Waals surface area contributed by atoms with Crippen LogP contribution < -0.4 is 20.1 Å². The van der Waals surface area contributed by atoms with Gasteiger partial charge in [-0.2, -0.15) is 5.26 Å². The number of rotatable bonds is 6. The SMILES string of the molecule is CCC(C)(C)N/C(Nc1ccc2c(c1)OCO2)=C(\C#N)C(=O)C(C)(C)C. The Morgan fingerprint density at radius 2 is 1.85 bits per heavy atom. The fraction of sp³-hybridized carbons (Fsp3) is 0.500. The maximum Gasteiger partial charge on any atom is 0.231 e. The molecule has 26 heavy (non-hydrogen) atoms. The molecule has 2 rings (SSSR count). The highest BCUT2D eigenvalue weighted by Gasteiger charge is 2.30. The summed E-state index contributed by atoms with van der Waals surface area (Å²) in [6, 6.07) is 7.49. The number of ether oxygens (including phenoxy) is 2. The molecule has 6 heteroatoms. The number of carbonyl (C=O) groups is 1. The molecule has 0 spiro atoms. The quantitative estimate of drug-likeness (QED) is 0.592. The van der Waals surface area contributed by atoms with Gasteiger partial charge >= 0.3 is 0 Å². The molecule has 2 N–H and O–H groups in total. The highest BCUT2D eigenvalue weighted by Crippen LogP contribution is 2.35. The second-order valence-corrected chi connectivity index (χ2v) is 8.00. The van der Waals surface area contributed by atoms with E-state index in [0.717, 1.165) is 6.42 Å². The fourth-order valence-corrected chi connectivity index (χ4v) is 2.30. The van der Waals surface area contributed by atoms with Gasteiger partial charge < -0.3 is 20.1 Å². The Balaban J connectivity index is 2.45. The molecule has 1 aliphatic rings. The minimum absolute atomic E-state index is 0.0803. The van der Waals surface area contributed by atoms with Crippen LogP contribution in [0, 0.1) is 16.7 Å². The number of nitrogens with one attached hydrogen (secondary N) is 2. The number of fused-ring (bicyclic) bond motifs is 1. The van der Waals surface area contributed by atoms with Gasteiger partial charge in [0.1, 0.15) is 17.5 Å². The minimum Gasteiger partial charge on any atom is -0.454 e. The van der Waals surface area contributed by atoms with E-state index in [1.165, 1.54) is 0 Å². The van der Waals surface area contributed by atoms with Crippen LogP contribution in [0.3, 0.4) is 0 Å². The van der Waals surface area contributed by atoms with Crippen molar-refractivity contribution in [3.63, 3.8) is 0 Å². The van der Waals surface area contributed by atoms with E-state index >= 15 is 0 Å². The van der Waals surface area contributed by atoms with E-state index in [1.54, 1.807) is 32.9 Å². The average molecular weight is 357 g/mol. The highest BCUT2D eigenvalue weighted by molar-refractivity contribution is 6.03. The van der Waals surface area contributed by atoms with E-state index < -0.39 is 5.41 Å². The molecule has 1 aliphatic heterocycles. The average Bonchev–Trinajstić information content (AvgIpc) is 3.02. The number of carbonyl (C=O) groups excluding carboxylic acids is 1. The lowest BCUT2D eigenvalue weighted by molar-refractivity contribution is -0.122. The Morgan fingerprint density at radius 3 is 2.42 bits per heavy atom.